The van der Waals surface area contributed by atoms with Crippen molar-refractivity contribution in [3.05, 3.63) is 64.6 Å². The lowest BCUT2D eigenvalue weighted by atomic mass is 10.0. The summed E-state index contributed by atoms with van der Waals surface area (Å²) in [6, 6.07) is 16.4. The lowest BCUT2D eigenvalue weighted by Crippen LogP contribution is -2.42. The molecule has 1 N–H and O–H groups in total. The Labute approximate surface area is 252 Å². The second-order valence-corrected chi connectivity index (χ2v) is 13.7. The normalized spacial score (nSPS) is 22.1. The number of nitrogens with zero attached hydrogens (tertiary/aromatic N) is 4. The van der Waals surface area contributed by atoms with Gasteiger partial charge in [-0.25, -0.2) is 4.79 Å². The van der Waals surface area contributed by atoms with Crippen LogP contribution >= 0.6 is 11.8 Å². The van der Waals surface area contributed by atoms with Crippen LogP contribution in [0.4, 0.5) is 5.69 Å². The number of H-pyrrole nitrogens is 1. The maximum absolute atomic E-state index is 13.9. The van der Waals surface area contributed by atoms with E-state index in [9.17, 15) is 14.4 Å². The number of aromatic amines is 1. The summed E-state index contributed by atoms with van der Waals surface area (Å²) in [6.45, 7) is 8.39. The Morgan fingerprint density at radius 2 is 1.67 bits per heavy atom. The van der Waals surface area contributed by atoms with E-state index in [0.717, 1.165) is 43.4 Å². The molecule has 2 unspecified atom stereocenters. The molecule has 0 bridgehead atoms. The summed E-state index contributed by atoms with van der Waals surface area (Å²) in [5.41, 5.74) is 4.10. The highest BCUT2D eigenvalue weighted by atomic mass is 32.2. The molecular weight excluding hydrogens is 546 g/mol. The van der Waals surface area contributed by atoms with Gasteiger partial charge in [-0.2, -0.15) is 0 Å². The van der Waals surface area contributed by atoms with Crippen molar-refractivity contribution < 1.29 is 9.59 Å². The van der Waals surface area contributed by atoms with Gasteiger partial charge in [0.15, 0.2) is 0 Å². The maximum atomic E-state index is 13.9. The molecule has 9 heteroatoms. The monoisotopic (exact) mass is 589 g/mol. The van der Waals surface area contributed by atoms with Gasteiger partial charge >= 0.3 is 5.69 Å². The summed E-state index contributed by atoms with van der Waals surface area (Å²) in [6.07, 6.45) is 6.29. The zero-order valence-corrected chi connectivity index (χ0v) is 25.7. The van der Waals surface area contributed by atoms with E-state index < -0.39 is 0 Å². The smallest absolute Gasteiger partial charge is 0.326 e. The molecule has 3 aliphatic heterocycles. The number of nitrogens with one attached hydrogen (secondary N) is 1. The van der Waals surface area contributed by atoms with E-state index in [-0.39, 0.29) is 40.6 Å². The molecule has 4 heterocycles. The van der Waals surface area contributed by atoms with Crippen molar-refractivity contribution >= 4 is 40.3 Å². The van der Waals surface area contributed by atoms with Crippen LogP contribution in [0.25, 0.3) is 11.0 Å². The number of fused-ring (bicyclic) bond motifs is 1. The third-order valence-electron chi connectivity index (χ3n) is 9.15. The largest absolute Gasteiger partial charge is 0.371 e. The minimum absolute atomic E-state index is 0.0411. The summed E-state index contributed by atoms with van der Waals surface area (Å²) in [4.78, 5) is 49.5. The molecule has 2 aromatic carbocycles. The number of benzene rings is 2. The molecule has 8 nitrogen and oxygen atoms in total. The number of hydrogen-bond acceptors (Lipinski definition) is 5. The van der Waals surface area contributed by atoms with Crippen LogP contribution < -0.4 is 10.6 Å². The number of rotatable bonds is 8. The Bertz CT molecular complexity index is 1470. The second-order valence-electron chi connectivity index (χ2n) is 12.4. The van der Waals surface area contributed by atoms with Gasteiger partial charge in [-0.1, -0.05) is 44.2 Å². The molecule has 2 atom stereocenters. The fourth-order valence-corrected chi connectivity index (χ4v) is 8.31. The first-order valence-electron chi connectivity index (χ1n) is 15.7. The molecule has 224 valence electrons. The van der Waals surface area contributed by atoms with Crippen molar-refractivity contribution in [3.63, 3.8) is 0 Å². The third kappa shape index (κ3) is 5.85. The van der Waals surface area contributed by atoms with E-state index in [1.54, 1.807) is 11.8 Å². The Morgan fingerprint density at radius 1 is 0.952 bits per heavy atom. The number of anilines is 1. The number of thioether (sulfide) groups is 1. The quantitative estimate of drug-likeness (QED) is 0.372. The highest BCUT2D eigenvalue weighted by Crippen LogP contribution is 2.47. The zero-order chi connectivity index (χ0) is 29.2. The van der Waals surface area contributed by atoms with Crippen molar-refractivity contribution in [2.24, 2.45) is 5.92 Å². The van der Waals surface area contributed by atoms with Crippen LogP contribution in [0.1, 0.15) is 75.8 Å². The fraction of sp³-hybridized carbons (Fsp3) is 0.545. The topological polar surface area (TPSA) is 81.6 Å². The van der Waals surface area contributed by atoms with Gasteiger partial charge in [-0.3, -0.25) is 14.2 Å². The number of amides is 2. The predicted octanol–water partition coefficient (Wildman–Crippen LogP) is 5.56. The molecule has 6 rings (SSSR count). The molecule has 0 aliphatic carbocycles. The van der Waals surface area contributed by atoms with E-state index in [0.29, 0.717) is 25.6 Å². The van der Waals surface area contributed by atoms with E-state index in [2.05, 4.69) is 48.0 Å². The lowest BCUT2D eigenvalue weighted by molar-refractivity contribution is -0.136. The zero-order valence-electron chi connectivity index (χ0n) is 24.8. The average Bonchev–Trinajstić information content (AvgIpc) is 3.51. The number of para-hydroxylation sites is 3. The van der Waals surface area contributed by atoms with Crippen molar-refractivity contribution in [2.45, 2.75) is 75.5 Å². The summed E-state index contributed by atoms with van der Waals surface area (Å²) < 4.78 is 1.85. The van der Waals surface area contributed by atoms with Crippen LogP contribution in [0.3, 0.4) is 0 Å². The number of imidazole rings is 1. The molecule has 3 aliphatic rings. The fourth-order valence-electron chi connectivity index (χ4n) is 6.81. The molecule has 0 saturated carbocycles. The number of carbonyl (C=O) groups is 2. The Kier molecular flexibility index (Phi) is 8.65. The van der Waals surface area contributed by atoms with E-state index in [1.165, 1.54) is 30.5 Å². The first-order valence-corrected chi connectivity index (χ1v) is 16.6. The van der Waals surface area contributed by atoms with Crippen molar-refractivity contribution in [1.82, 2.24) is 19.4 Å². The van der Waals surface area contributed by atoms with Gasteiger partial charge < -0.3 is 19.7 Å². The molecule has 2 amide bonds. The number of aromatic nitrogens is 2. The number of piperidine rings is 2. The van der Waals surface area contributed by atoms with Gasteiger partial charge in [0.2, 0.25) is 11.8 Å². The second kappa shape index (κ2) is 12.6. The predicted molar refractivity (Wildman–Crippen MR) is 170 cm³/mol. The Hall–Kier alpha value is -3.20. The minimum Gasteiger partial charge on any atom is -0.371 e. The van der Waals surface area contributed by atoms with E-state index in [1.807, 2.05) is 38.6 Å². The van der Waals surface area contributed by atoms with Gasteiger partial charge in [0, 0.05) is 56.4 Å². The van der Waals surface area contributed by atoms with Gasteiger partial charge in [0.1, 0.15) is 5.37 Å². The molecule has 3 aromatic rings. The van der Waals surface area contributed by atoms with Gasteiger partial charge in [0.05, 0.1) is 16.3 Å². The molecule has 42 heavy (non-hydrogen) atoms. The average molecular weight is 590 g/mol. The summed E-state index contributed by atoms with van der Waals surface area (Å²) in [7, 11) is 0. The summed E-state index contributed by atoms with van der Waals surface area (Å²) in [5, 5.41) is -0.454. The Morgan fingerprint density at radius 3 is 2.43 bits per heavy atom. The SMILES string of the molecule is CC(C)CCN1C(=O)C(CC(=O)N2CCC(n3c(=O)[nH]c4ccccc43)CC2)SC1c1ccccc1N1CCCCC1. The number of carbonyl (C=O) groups excluding carboxylic acids is 2. The molecule has 3 fully saturated rings. The van der Waals surface area contributed by atoms with Crippen LogP contribution in [-0.2, 0) is 9.59 Å². The van der Waals surface area contributed by atoms with Crippen LogP contribution in [0.2, 0.25) is 0 Å². The highest BCUT2D eigenvalue weighted by Gasteiger charge is 2.43. The van der Waals surface area contributed by atoms with Crippen LogP contribution in [0, 0.1) is 5.92 Å². The van der Waals surface area contributed by atoms with Crippen LogP contribution in [0.15, 0.2) is 53.3 Å². The first-order chi connectivity index (χ1) is 20.4. The number of likely N-dealkylation sites (tertiary alicyclic amines) is 1. The molecular formula is C33H43N5O3S. The molecule has 3 saturated heterocycles. The maximum Gasteiger partial charge on any atom is 0.326 e. The van der Waals surface area contributed by atoms with Crippen molar-refractivity contribution in [3.8, 4) is 0 Å². The minimum atomic E-state index is -0.377. The third-order valence-corrected chi connectivity index (χ3v) is 10.6. The van der Waals surface area contributed by atoms with Crippen molar-refractivity contribution in [1.29, 1.82) is 0 Å². The molecule has 0 radical (unpaired) electrons. The van der Waals surface area contributed by atoms with Crippen molar-refractivity contribution in [2.75, 3.05) is 37.6 Å². The molecule has 1 aromatic heterocycles. The first kappa shape index (κ1) is 28.9. The van der Waals surface area contributed by atoms with Crippen LogP contribution in [-0.4, -0.2) is 69.1 Å². The van der Waals surface area contributed by atoms with Crippen LogP contribution in [0.5, 0.6) is 0 Å². The summed E-state index contributed by atoms with van der Waals surface area (Å²) >= 11 is 1.66. The van der Waals surface area contributed by atoms with E-state index in [4.69, 9.17) is 0 Å². The standard InChI is InChI=1S/C33H43N5O3S/c1-23(2)14-21-37-31(40)29(42-32(37)25-10-4-6-12-27(25)35-17-8-3-9-18-35)22-30(39)36-19-15-24(16-20-36)38-28-13-7-5-11-26(28)34-33(38)41/h4-7,10-13,23-24,29,32H,3,8-9,14-22H2,1-2H3,(H,34,41). The van der Waals surface area contributed by atoms with Gasteiger partial charge in [0.25, 0.3) is 0 Å². The molecule has 0 spiro atoms. The van der Waals surface area contributed by atoms with Gasteiger partial charge in [-0.15, -0.1) is 11.8 Å². The van der Waals surface area contributed by atoms with Gasteiger partial charge in [-0.05, 0) is 62.6 Å². The highest BCUT2D eigenvalue weighted by molar-refractivity contribution is 8.01. The lowest BCUT2D eigenvalue weighted by Gasteiger charge is -2.33. The summed E-state index contributed by atoms with van der Waals surface area (Å²) in [5.74, 6) is 0.624. The number of hydrogen-bond donors (Lipinski definition) is 1. The van der Waals surface area contributed by atoms with E-state index >= 15 is 0 Å². The Balaban J connectivity index is 1.15.